The lowest BCUT2D eigenvalue weighted by molar-refractivity contribution is -0.120. The molecule has 1 fully saturated rings. The van der Waals surface area contributed by atoms with Crippen molar-refractivity contribution >= 4 is 28.6 Å². The van der Waals surface area contributed by atoms with Gasteiger partial charge in [0, 0.05) is 25.8 Å². The van der Waals surface area contributed by atoms with Gasteiger partial charge in [0.25, 0.3) is 0 Å². The van der Waals surface area contributed by atoms with Crippen molar-refractivity contribution < 1.29 is 4.79 Å². The van der Waals surface area contributed by atoms with Crippen LogP contribution in [0.3, 0.4) is 0 Å². The number of nitrogens with zero attached hydrogens (tertiary/aromatic N) is 6. The standard InChI is InChI=1S/C18H21N7O/c1-11(2)12-4-6-14(7-5-12)21-18(26)13-8-25(9-13)17-15-16(19-10-20-17)24(3)23-22-15/h4-7,10-11,13H,8-9H2,1-3H3,(H,21,26). The summed E-state index contributed by atoms with van der Waals surface area (Å²) in [6.07, 6.45) is 1.50. The number of carbonyl (C=O) groups excluding carboxylic acids is 1. The fourth-order valence-electron chi connectivity index (χ4n) is 3.09. The molecule has 8 nitrogen and oxygen atoms in total. The number of anilines is 2. The number of hydrogen-bond acceptors (Lipinski definition) is 6. The molecule has 0 aliphatic carbocycles. The second-order valence-electron chi connectivity index (χ2n) is 6.95. The molecule has 4 rings (SSSR count). The van der Waals surface area contributed by atoms with Crippen LogP contribution in [0.2, 0.25) is 0 Å². The Balaban J connectivity index is 1.40. The van der Waals surface area contributed by atoms with Gasteiger partial charge in [-0.1, -0.05) is 31.2 Å². The summed E-state index contributed by atoms with van der Waals surface area (Å²) < 4.78 is 1.62. The Morgan fingerprint density at radius 2 is 1.92 bits per heavy atom. The first-order valence-corrected chi connectivity index (χ1v) is 8.69. The van der Waals surface area contributed by atoms with Crippen LogP contribution >= 0.6 is 0 Å². The van der Waals surface area contributed by atoms with Gasteiger partial charge in [-0.2, -0.15) is 0 Å². The maximum Gasteiger partial charge on any atom is 0.231 e. The molecule has 1 amide bonds. The third-order valence-electron chi connectivity index (χ3n) is 4.77. The van der Waals surface area contributed by atoms with Crippen LogP contribution < -0.4 is 10.2 Å². The minimum absolute atomic E-state index is 0.0305. The van der Waals surface area contributed by atoms with Crippen molar-refractivity contribution in [2.75, 3.05) is 23.3 Å². The van der Waals surface area contributed by atoms with Crippen molar-refractivity contribution in [1.82, 2.24) is 25.0 Å². The van der Waals surface area contributed by atoms with E-state index in [1.165, 1.54) is 11.9 Å². The minimum atomic E-state index is -0.0681. The number of aromatic nitrogens is 5. The van der Waals surface area contributed by atoms with E-state index in [0.717, 1.165) is 11.5 Å². The second-order valence-corrected chi connectivity index (χ2v) is 6.95. The van der Waals surface area contributed by atoms with E-state index in [-0.39, 0.29) is 11.8 Å². The molecule has 0 atom stereocenters. The lowest BCUT2D eigenvalue weighted by Gasteiger charge is -2.38. The quantitative estimate of drug-likeness (QED) is 0.773. The zero-order chi connectivity index (χ0) is 18.3. The average Bonchev–Trinajstić information content (AvgIpc) is 2.96. The van der Waals surface area contributed by atoms with Gasteiger partial charge in [-0.25, -0.2) is 14.6 Å². The number of rotatable bonds is 4. The normalized spacial score (nSPS) is 14.7. The lowest BCUT2D eigenvalue weighted by Crippen LogP contribution is -2.52. The number of benzene rings is 1. The second kappa shape index (κ2) is 6.36. The minimum Gasteiger partial charge on any atom is -0.353 e. The highest BCUT2D eigenvalue weighted by Gasteiger charge is 2.35. The van der Waals surface area contributed by atoms with E-state index in [9.17, 15) is 4.79 Å². The van der Waals surface area contributed by atoms with Crippen LogP contribution in [-0.4, -0.2) is 44.0 Å². The average molecular weight is 351 g/mol. The van der Waals surface area contributed by atoms with E-state index in [2.05, 4.69) is 51.6 Å². The molecule has 26 heavy (non-hydrogen) atoms. The maximum absolute atomic E-state index is 12.5. The summed E-state index contributed by atoms with van der Waals surface area (Å²) in [6, 6.07) is 8.02. The van der Waals surface area contributed by atoms with Gasteiger partial charge in [-0.3, -0.25) is 4.79 Å². The van der Waals surface area contributed by atoms with Gasteiger partial charge in [0.2, 0.25) is 5.91 Å². The Morgan fingerprint density at radius 3 is 2.62 bits per heavy atom. The van der Waals surface area contributed by atoms with E-state index in [0.29, 0.717) is 30.2 Å². The first-order valence-electron chi connectivity index (χ1n) is 8.69. The van der Waals surface area contributed by atoms with Gasteiger partial charge in [0.15, 0.2) is 17.0 Å². The van der Waals surface area contributed by atoms with Crippen molar-refractivity contribution in [3.05, 3.63) is 36.2 Å². The summed E-state index contributed by atoms with van der Waals surface area (Å²) in [7, 11) is 1.79. The van der Waals surface area contributed by atoms with Crippen molar-refractivity contribution in [3.8, 4) is 0 Å². The van der Waals surface area contributed by atoms with Gasteiger partial charge in [0.1, 0.15) is 6.33 Å². The van der Waals surface area contributed by atoms with Gasteiger partial charge in [0.05, 0.1) is 5.92 Å². The third-order valence-corrected chi connectivity index (χ3v) is 4.77. The van der Waals surface area contributed by atoms with Crippen LogP contribution in [0.4, 0.5) is 11.5 Å². The summed E-state index contributed by atoms with van der Waals surface area (Å²) >= 11 is 0. The number of aryl methyl sites for hydroxylation is 1. The molecule has 0 unspecified atom stereocenters. The number of carbonyl (C=O) groups is 1. The molecule has 1 N–H and O–H groups in total. The molecule has 134 valence electrons. The topological polar surface area (TPSA) is 88.8 Å². The molecule has 2 aromatic heterocycles. The van der Waals surface area contributed by atoms with E-state index in [1.807, 2.05) is 17.0 Å². The van der Waals surface area contributed by atoms with Crippen LogP contribution in [0.15, 0.2) is 30.6 Å². The number of nitrogens with one attached hydrogen (secondary N) is 1. The van der Waals surface area contributed by atoms with Gasteiger partial charge < -0.3 is 10.2 Å². The SMILES string of the molecule is CC(C)c1ccc(NC(=O)C2CN(c3ncnc4c3nnn4C)C2)cc1. The van der Waals surface area contributed by atoms with Crippen molar-refractivity contribution in [2.45, 2.75) is 19.8 Å². The summed E-state index contributed by atoms with van der Waals surface area (Å²) in [4.78, 5) is 23.0. The molecule has 1 aliphatic rings. The van der Waals surface area contributed by atoms with Crippen molar-refractivity contribution in [2.24, 2.45) is 13.0 Å². The van der Waals surface area contributed by atoms with Crippen molar-refractivity contribution in [3.63, 3.8) is 0 Å². The molecule has 1 aliphatic heterocycles. The molecule has 3 aromatic rings. The van der Waals surface area contributed by atoms with Gasteiger partial charge in [-0.05, 0) is 23.6 Å². The molecule has 1 saturated heterocycles. The smallest absolute Gasteiger partial charge is 0.231 e. The predicted octanol–water partition coefficient (Wildman–Crippen LogP) is 1.96. The Labute approximate surface area is 151 Å². The molecule has 0 spiro atoms. The Hall–Kier alpha value is -3.03. The van der Waals surface area contributed by atoms with Crippen LogP contribution in [0, 0.1) is 5.92 Å². The first-order chi connectivity index (χ1) is 12.5. The van der Waals surface area contributed by atoms with E-state index < -0.39 is 0 Å². The highest BCUT2D eigenvalue weighted by atomic mass is 16.2. The monoisotopic (exact) mass is 351 g/mol. The van der Waals surface area contributed by atoms with E-state index in [4.69, 9.17) is 0 Å². The number of fused-ring (bicyclic) bond motifs is 1. The molecule has 8 heteroatoms. The first kappa shape index (κ1) is 16.4. The Morgan fingerprint density at radius 1 is 1.19 bits per heavy atom. The summed E-state index contributed by atoms with van der Waals surface area (Å²) in [5.74, 6) is 1.17. The number of hydrogen-bond donors (Lipinski definition) is 1. The number of amides is 1. The molecule has 1 aromatic carbocycles. The van der Waals surface area contributed by atoms with E-state index >= 15 is 0 Å². The van der Waals surface area contributed by atoms with Crippen LogP contribution in [0.25, 0.3) is 11.2 Å². The van der Waals surface area contributed by atoms with Crippen molar-refractivity contribution in [1.29, 1.82) is 0 Å². The zero-order valence-corrected chi connectivity index (χ0v) is 15.0. The fourth-order valence-corrected chi connectivity index (χ4v) is 3.09. The van der Waals surface area contributed by atoms with E-state index in [1.54, 1.807) is 11.7 Å². The third kappa shape index (κ3) is 2.87. The van der Waals surface area contributed by atoms with Crippen LogP contribution in [-0.2, 0) is 11.8 Å². The largest absolute Gasteiger partial charge is 0.353 e. The molecular weight excluding hydrogens is 330 g/mol. The summed E-state index contributed by atoms with van der Waals surface area (Å²) in [5.41, 5.74) is 3.44. The van der Waals surface area contributed by atoms with Crippen LogP contribution in [0.1, 0.15) is 25.3 Å². The summed E-state index contributed by atoms with van der Waals surface area (Å²) in [5, 5.41) is 11.1. The van der Waals surface area contributed by atoms with Crippen LogP contribution in [0.5, 0.6) is 0 Å². The Bertz CT molecular complexity index is 942. The fraction of sp³-hybridized carbons (Fsp3) is 0.389. The molecule has 0 radical (unpaired) electrons. The molecule has 0 bridgehead atoms. The maximum atomic E-state index is 12.5. The predicted molar refractivity (Wildman–Crippen MR) is 99.0 cm³/mol. The highest BCUT2D eigenvalue weighted by molar-refractivity contribution is 5.95. The molecule has 0 saturated carbocycles. The summed E-state index contributed by atoms with van der Waals surface area (Å²) in [6.45, 7) is 5.52. The zero-order valence-electron chi connectivity index (χ0n) is 15.0. The van der Waals surface area contributed by atoms with Gasteiger partial charge >= 0.3 is 0 Å². The van der Waals surface area contributed by atoms with Gasteiger partial charge in [-0.15, -0.1) is 5.10 Å². The Kier molecular flexibility index (Phi) is 4.02. The lowest BCUT2D eigenvalue weighted by atomic mass is 9.98. The molecular formula is C18H21N7O. The highest BCUT2D eigenvalue weighted by Crippen LogP contribution is 2.28. The molecule has 3 heterocycles.